The van der Waals surface area contributed by atoms with Gasteiger partial charge in [-0.15, -0.1) is 12.4 Å². The topological polar surface area (TPSA) is 50.5 Å². The number of β-amino-alcohol motifs (C(OH)–C–C–N with tert-alkyl or cyclic N) is 1. The van der Waals surface area contributed by atoms with Gasteiger partial charge >= 0.3 is 0 Å². The molecule has 3 aromatic rings. The molecule has 6 heteroatoms. The Morgan fingerprint density at radius 2 is 1.93 bits per heavy atom. The Hall–Kier alpha value is -2.34. The standard InChI is InChI=1S/C24H29N3O2.ClH/c1-3-23-25-12-14-27(23)17-20-15-19(9-10-22(20)29-2)16-26-13-11-24(28,18-26)21-7-5-4-6-8-21;/h4-10,12,14-15,28H,3,11,13,16-18H2,1-2H3;1H. The summed E-state index contributed by atoms with van der Waals surface area (Å²) in [7, 11) is 1.72. The van der Waals surface area contributed by atoms with Crippen molar-refractivity contribution in [2.45, 2.75) is 38.5 Å². The molecule has 0 bridgehead atoms. The molecule has 1 unspecified atom stereocenters. The van der Waals surface area contributed by atoms with Crippen LogP contribution in [0.5, 0.6) is 5.75 Å². The number of benzene rings is 2. The van der Waals surface area contributed by atoms with Crippen LogP contribution in [-0.4, -0.2) is 39.8 Å². The normalized spacial score (nSPS) is 18.9. The lowest BCUT2D eigenvalue weighted by atomic mass is 9.93. The molecule has 0 radical (unpaired) electrons. The number of hydrogen-bond acceptors (Lipinski definition) is 4. The molecule has 2 aromatic carbocycles. The highest BCUT2D eigenvalue weighted by Gasteiger charge is 2.37. The van der Waals surface area contributed by atoms with Crippen LogP contribution in [0.25, 0.3) is 0 Å². The van der Waals surface area contributed by atoms with Crippen LogP contribution in [0, 0.1) is 0 Å². The summed E-state index contributed by atoms with van der Waals surface area (Å²) in [5.74, 6) is 1.97. The molecular weight excluding hydrogens is 398 g/mol. The second-order valence-corrected chi connectivity index (χ2v) is 7.83. The fraction of sp³-hybridized carbons (Fsp3) is 0.375. The lowest BCUT2D eigenvalue weighted by Crippen LogP contribution is -2.30. The van der Waals surface area contributed by atoms with Gasteiger partial charge in [0.2, 0.25) is 0 Å². The van der Waals surface area contributed by atoms with Crippen LogP contribution >= 0.6 is 12.4 Å². The monoisotopic (exact) mass is 427 g/mol. The number of aliphatic hydroxyl groups is 1. The van der Waals surface area contributed by atoms with Crippen molar-refractivity contribution < 1.29 is 9.84 Å². The predicted molar refractivity (Wildman–Crippen MR) is 121 cm³/mol. The maximum Gasteiger partial charge on any atom is 0.123 e. The lowest BCUT2D eigenvalue weighted by Gasteiger charge is -2.24. The van der Waals surface area contributed by atoms with Crippen LogP contribution in [0.2, 0.25) is 0 Å². The van der Waals surface area contributed by atoms with Crippen LogP contribution in [0.4, 0.5) is 0 Å². The minimum atomic E-state index is -0.761. The van der Waals surface area contributed by atoms with E-state index in [0.29, 0.717) is 6.54 Å². The first-order valence-electron chi connectivity index (χ1n) is 10.3. The van der Waals surface area contributed by atoms with Crippen LogP contribution in [0.15, 0.2) is 60.9 Å². The first kappa shape index (κ1) is 22.3. The van der Waals surface area contributed by atoms with Crippen molar-refractivity contribution in [3.05, 3.63) is 83.4 Å². The van der Waals surface area contributed by atoms with Gasteiger partial charge < -0.3 is 14.4 Å². The van der Waals surface area contributed by atoms with Crippen LogP contribution in [0.3, 0.4) is 0 Å². The van der Waals surface area contributed by atoms with Crippen LogP contribution < -0.4 is 4.74 Å². The van der Waals surface area contributed by atoms with Crippen LogP contribution in [0.1, 0.15) is 35.9 Å². The summed E-state index contributed by atoms with van der Waals surface area (Å²) in [5, 5.41) is 11.1. The Bertz CT molecular complexity index is 960. The Labute approximate surface area is 184 Å². The summed E-state index contributed by atoms with van der Waals surface area (Å²) in [6, 6.07) is 16.4. The fourth-order valence-electron chi connectivity index (χ4n) is 4.28. The number of rotatable bonds is 7. The minimum Gasteiger partial charge on any atom is -0.496 e. The zero-order valence-corrected chi connectivity index (χ0v) is 18.4. The number of hydrogen-bond donors (Lipinski definition) is 1. The van der Waals surface area contributed by atoms with E-state index in [1.165, 1.54) is 5.56 Å². The molecule has 0 spiro atoms. The molecule has 4 rings (SSSR count). The molecule has 160 valence electrons. The third kappa shape index (κ3) is 4.69. The Morgan fingerprint density at radius 1 is 1.13 bits per heavy atom. The van der Waals surface area contributed by atoms with Crippen molar-refractivity contribution in [3.8, 4) is 5.75 Å². The first-order chi connectivity index (χ1) is 14.1. The zero-order valence-electron chi connectivity index (χ0n) is 17.6. The Morgan fingerprint density at radius 3 is 2.67 bits per heavy atom. The number of nitrogens with zero attached hydrogens (tertiary/aromatic N) is 3. The lowest BCUT2D eigenvalue weighted by molar-refractivity contribution is 0.0453. The highest BCUT2D eigenvalue weighted by molar-refractivity contribution is 5.85. The van der Waals surface area contributed by atoms with Gasteiger partial charge in [0.1, 0.15) is 17.2 Å². The van der Waals surface area contributed by atoms with Gasteiger partial charge in [0, 0.05) is 44.0 Å². The van der Waals surface area contributed by atoms with Crippen molar-refractivity contribution >= 4 is 12.4 Å². The summed E-state index contributed by atoms with van der Waals surface area (Å²) < 4.78 is 7.77. The highest BCUT2D eigenvalue weighted by atomic mass is 35.5. The second-order valence-electron chi connectivity index (χ2n) is 7.83. The first-order valence-corrected chi connectivity index (χ1v) is 10.3. The van der Waals surface area contributed by atoms with Crippen LogP contribution in [-0.2, 0) is 25.1 Å². The number of methoxy groups -OCH3 is 1. The second kappa shape index (κ2) is 9.65. The van der Waals surface area contributed by atoms with Gasteiger partial charge in [0.05, 0.1) is 13.7 Å². The van der Waals surface area contributed by atoms with E-state index in [1.54, 1.807) is 7.11 Å². The van der Waals surface area contributed by atoms with Crippen molar-refractivity contribution in [2.75, 3.05) is 20.2 Å². The number of imidazole rings is 1. The minimum absolute atomic E-state index is 0. The molecule has 1 N–H and O–H groups in total. The zero-order chi connectivity index (χ0) is 20.3. The third-order valence-electron chi connectivity index (χ3n) is 5.85. The van der Waals surface area contributed by atoms with E-state index in [-0.39, 0.29) is 12.4 Å². The number of aryl methyl sites for hydroxylation is 1. The SMILES string of the molecule is CCc1nccn1Cc1cc(CN2CCC(O)(c3ccccc3)C2)ccc1OC.Cl. The van der Waals surface area contributed by atoms with E-state index >= 15 is 0 Å². The number of likely N-dealkylation sites (tertiary alicyclic amines) is 1. The average molecular weight is 428 g/mol. The maximum atomic E-state index is 11.1. The van der Waals surface area contributed by atoms with Crippen molar-refractivity contribution in [1.29, 1.82) is 0 Å². The van der Waals surface area contributed by atoms with Gasteiger partial charge in [-0.2, -0.15) is 0 Å². The summed E-state index contributed by atoms with van der Waals surface area (Å²) in [4.78, 5) is 6.75. The molecule has 0 saturated carbocycles. The van der Waals surface area contributed by atoms with Crippen molar-refractivity contribution in [3.63, 3.8) is 0 Å². The smallest absolute Gasteiger partial charge is 0.123 e. The van der Waals surface area contributed by atoms with Gasteiger partial charge in [-0.25, -0.2) is 4.98 Å². The van der Waals surface area contributed by atoms with E-state index in [4.69, 9.17) is 4.74 Å². The molecule has 1 fully saturated rings. The number of halogens is 1. The molecule has 2 heterocycles. The highest BCUT2D eigenvalue weighted by Crippen LogP contribution is 2.33. The third-order valence-corrected chi connectivity index (χ3v) is 5.85. The van der Waals surface area contributed by atoms with E-state index in [1.807, 2.05) is 48.8 Å². The molecule has 1 aliphatic heterocycles. The molecule has 1 saturated heterocycles. The van der Waals surface area contributed by atoms with E-state index in [9.17, 15) is 5.11 Å². The predicted octanol–water partition coefficient (Wildman–Crippen LogP) is 4.02. The molecule has 30 heavy (non-hydrogen) atoms. The maximum absolute atomic E-state index is 11.1. The van der Waals surface area contributed by atoms with Gasteiger partial charge in [0.25, 0.3) is 0 Å². The van der Waals surface area contributed by atoms with Crippen molar-refractivity contribution in [1.82, 2.24) is 14.5 Å². The summed E-state index contributed by atoms with van der Waals surface area (Å²) in [6.07, 6.45) is 5.53. The molecule has 1 aliphatic rings. The molecule has 1 atom stereocenters. The van der Waals surface area contributed by atoms with Gasteiger partial charge in [-0.3, -0.25) is 4.90 Å². The molecule has 0 amide bonds. The fourth-order valence-corrected chi connectivity index (χ4v) is 4.28. The van der Waals surface area contributed by atoms with Gasteiger partial charge in [-0.1, -0.05) is 43.3 Å². The summed E-state index contributed by atoms with van der Waals surface area (Å²) in [5.41, 5.74) is 2.63. The quantitative estimate of drug-likeness (QED) is 0.618. The largest absolute Gasteiger partial charge is 0.496 e. The Balaban J connectivity index is 0.00000256. The molecule has 5 nitrogen and oxygen atoms in total. The van der Waals surface area contributed by atoms with Crippen molar-refractivity contribution in [2.24, 2.45) is 0 Å². The molecular formula is C24H30ClN3O2. The summed E-state index contributed by atoms with van der Waals surface area (Å²) in [6.45, 7) is 5.22. The summed E-state index contributed by atoms with van der Waals surface area (Å²) >= 11 is 0. The Kier molecular flexibility index (Phi) is 7.19. The van der Waals surface area contributed by atoms with E-state index in [2.05, 4.69) is 33.5 Å². The van der Waals surface area contributed by atoms with E-state index < -0.39 is 5.60 Å². The average Bonchev–Trinajstić information content (AvgIpc) is 3.36. The van der Waals surface area contributed by atoms with Gasteiger partial charge in [-0.05, 0) is 29.7 Å². The molecule has 0 aliphatic carbocycles. The van der Waals surface area contributed by atoms with E-state index in [0.717, 1.165) is 55.2 Å². The van der Waals surface area contributed by atoms with Gasteiger partial charge in [0.15, 0.2) is 0 Å². The molecule has 1 aromatic heterocycles. The number of aromatic nitrogens is 2. The number of ether oxygens (including phenoxy) is 1.